The molecule has 0 saturated heterocycles. The van der Waals surface area contributed by atoms with E-state index in [9.17, 15) is 18.0 Å². The van der Waals surface area contributed by atoms with Crippen LogP contribution in [-0.2, 0) is 19.4 Å². The number of carbonyl (C=O) groups excluding carboxylic acids is 2. The van der Waals surface area contributed by atoms with Gasteiger partial charge in [0.25, 0.3) is 0 Å². The first-order valence-corrected chi connectivity index (χ1v) is 11.4. The quantitative estimate of drug-likeness (QED) is 0.595. The Hall–Kier alpha value is -1.82. The lowest BCUT2D eigenvalue weighted by atomic mass is 9.75. The number of amides is 2. The molecule has 1 aliphatic rings. The molecule has 8 nitrogen and oxygen atoms in total. The number of carbonyl (C=O) groups is 2. The maximum atomic E-state index is 12.4. The van der Waals surface area contributed by atoms with Crippen molar-refractivity contribution >= 4 is 21.8 Å². The summed E-state index contributed by atoms with van der Waals surface area (Å²) in [5.41, 5.74) is 0. The second-order valence-corrected chi connectivity index (χ2v) is 9.94. The molecule has 1 aliphatic carbocycles. The van der Waals surface area contributed by atoms with Gasteiger partial charge in [-0.25, -0.2) is 13.2 Å². The van der Waals surface area contributed by atoms with Gasteiger partial charge in [-0.2, -0.15) is 5.26 Å². The average molecular weight is 402 g/mol. The summed E-state index contributed by atoms with van der Waals surface area (Å²) >= 11 is 0. The van der Waals surface area contributed by atoms with Gasteiger partial charge in [0.2, 0.25) is 5.91 Å². The van der Waals surface area contributed by atoms with Gasteiger partial charge in [-0.15, -0.1) is 0 Å². The third-order valence-electron chi connectivity index (χ3n) is 4.83. The highest BCUT2D eigenvalue weighted by Crippen LogP contribution is 2.35. The Balaban J connectivity index is 2.76. The highest BCUT2D eigenvalue weighted by atomic mass is 32.2. The van der Waals surface area contributed by atoms with E-state index in [1.54, 1.807) is 0 Å². The van der Waals surface area contributed by atoms with Crippen molar-refractivity contribution in [3.63, 3.8) is 0 Å². The molecule has 154 valence electrons. The lowest BCUT2D eigenvalue weighted by molar-refractivity contribution is -0.122. The number of nitriles is 1. The van der Waals surface area contributed by atoms with E-state index in [-0.39, 0.29) is 25.0 Å². The van der Waals surface area contributed by atoms with Crippen molar-refractivity contribution in [1.29, 1.82) is 5.26 Å². The summed E-state index contributed by atoms with van der Waals surface area (Å²) in [7, 11) is -3.51. The number of ether oxygens (including phenoxy) is 1. The minimum atomic E-state index is -3.51. The summed E-state index contributed by atoms with van der Waals surface area (Å²) in [6.45, 7) is 6.37. The molecule has 1 fully saturated rings. The molecule has 1 rings (SSSR count). The fraction of sp³-hybridized carbons (Fsp3) is 0.833. The minimum absolute atomic E-state index is 0.0852. The predicted molar refractivity (Wildman–Crippen MR) is 101 cm³/mol. The minimum Gasteiger partial charge on any atom is -0.446 e. The summed E-state index contributed by atoms with van der Waals surface area (Å²) in [5, 5.41) is 13.4. The maximum Gasteiger partial charge on any atom is 0.408 e. The van der Waals surface area contributed by atoms with Crippen LogP contribution in [0.15, 0.2) is 0 Å². The summed E-state index contributed by atoms with van der Waals surface area (Å²) < 4.78 is 28.8. The van der Waals surface area contributed by atoms with E-state index >= 15 is 0 Å². The molecule has 0 aromatic heterocycles. The Morgan fingerprint density at radius 2 is 1.96 bits per heavy atom. The summed E-state index contributed by atoms with van der Waals surface area (Å²) in [5.74, 6) is -0.139. The highest BCUT2D eigenvalue weighted by molar-refractivity contribution is 7.90. The summed E-state index contributed by atoms with van der Waals surface area (Å²) in [4.78, 5) is 24.5. The van der Waals surface area contributed by atoms with Crippen LogP contribution in [0.3, 0.4) is 0 Å². The molecule has 0 spiro atoms. The average Bonchev–Trinajstić information content (AvgIpc) is 2.52. The Bertz CT molecular complexity index is 656. The van der Waals surface area contributed by atoms with Gasteiger partial charge < -0.3 is 15.4 Å². The van der Waals surface area contributed by atoms with Crippen molar-refractivity contribution in [3.8, 4) is 6.07 Å². The predicted octanol–water partition coefficient (Wildman–Crippen LogP) is 1.62. The van der Waals surface area contributed by atoms with Gasteiger partial charge in [-0.05, 0) is 30.6 Å². The van der Waals surface area contributed by atoms with Crippen LogP contribution in [0, 0.1) is 29.1 Å². The van der Waals surface area contributed by atoms with Gasteiger partial charge in [0.1, 0.15) is 22.0 Å². The van der Waals surface area contributed by atoms with Crippen molar-refractivity contribution < 1.29 is 22.7 Å². The molecular formula is C18H31N3O5S. The molecular weight excluding hydrogens is 370 g/mol. The molecule has 0 heterocycles. The lowest BCUT2D eigenvalue weighted by Crippen LogP contribution is -2.51. The summed E-state index contributed by atoms with van der Waals surface area (Å²) in [6, 6.07) is 0.620. The van der Waals surface area contributed by atoms with Crippen LogP contribution in [0.1, 0.15) is 46.5 Å². The monoisotopic (exact) mass is 401 g/mol. The first-order valence-electron chi connectivity index (χ1n) is 9.33. The Kier molecular flexibility index (Phi) is 9.03. The van der Waals surface area contributed by atoms with Gasteiger partial charge in [-0.1, -0.05) is 27.2 Å². The van der Waals surface area contributed by atoms with Crippen LogP contribution in [-0.4, -0.2) is 51.1 Å². The standard InChI is InChI=1S/C18H31N3O5S/c1-12(2)14-7-6-13(3)10-16(14)26-18(23)21-15(11-27(4,24)25)17(22)20-9-5-8-19/h12-16H,5-7,9-11H2,1-4H3,(H,20,22)(H,21,23). The molecule has 0 aliphatic heterocycles. The number of nitrogens with one attached hydrogen (secondary N) is 2. The molecule has 9 heteroatoms. The molecule has 0 radical (unpaired) electrons. The van der Waals surface area contributed by atoms with Gasteiger partial charge >= 0.3 is 6.09 Å². The van der Waals surface area contributed by atoms with E-state index in [0.717, 1.165) is 25.5 Å². The molecule has 0 bridgehead atoms. The van der Waals surface area contributed by atoms with Crippen LogP contribution in [0.4, 0.5) is 4.79 Å². The molecule has 2 amide bonds. The van der Waals surface area contributed by atoms with Crippen LogP contribution in [0.2, 0.25) is 0 Å². The summed E-state index contributed by atoms with van der Waals surface area (Å²) in [6.07, 6.45) is 2.85. The van der Waals surface area contributed by atoms with E-state index in [0.29, 0.717) is 11.8 Å². The number of hydrogen-bond donors (Lipinski definition) is 2. The van der Waals surface area contributed by atoms with Crippen molar-refractivity contribution in [1.82, 2.24) is 10.6 Å². The maximum absolute atomic E-state index is 12.4. The van der Waals surface area contributed by atoms with Crippen molar-refractivity contribution in [2.75, 3.05) is 18.6 Å². The second kappa shape index (κ2) is 10.5. The molecule has 4 atom stereocenters. The third-order valence-corrected chi connectivity index (χ3v) is 5.77. The van der Waals surface area contributed by atoms with Crippen molar-refractivity contribution in [2.45, 2.75) is 58.6 Å². The smallest absolute Gasteiger partial charge is 0.408 e. The zero-order valence-electron chi connectivity index (χ0n) is 16.5. The Morgan fingerprint density at radius 3 is 2.52 bits per heavy atom. The number of alkyl carbamates (subject to hydrolysis) is 1. The van der Waals surface area contributed by atoms with Crippen molar-refractivity contribution in [3.05, 3.63) is 0 Å². The van der Waals surface area contributed by atoms with E-state index in [1.165, 1.54) is 0 Å². The van der Waals surface area contributed by atoms with Gasteiger partial charge in [0.15, 0.2) is 0 Å². The lowest BCUT2D eigenvalue weighted by Gasteiger charge is -2.36. The Morgan fingerprint density at radius 1 is 1.30 bits per heavy atom. The van der Waals surface area contributed by atoms with E-state index in [1.807, 2.05) is 6.07 Å². The van der Waals surface area contributed by atoms with Crippen LogP contribution in [0.25, 0.3) is 0 Å². The number of nitrogens with zero attached hydrogens (tertiary/aromatic N) is 1. The van der Waals surface area contributed by atoms with Crippen LogP contribution in [0.5, 0.6) is 0 Å². The molecule has 27 heavy (non-hydrogen) atoms. The molecule has 4 unspecified atom stereocenters. The van der Waals surface area contributed by atoms with E-state index in [2.05, 4.69) is 31.4 Å². The van der Waals surface area contributed by atoms with E-state index < -0.39 is 33.6 Å². The van der Waals surface area contributed by atoms with Crippen LogP contribution < -0.4 is 10.6 Å². The normalized spacial score (nSPS) is 23.9. The fourth-order valence-corrected chi connectivity index (χ4v) is 4.25. The topological polar surface area (TPSA) is 125 Å². The number of sulfone groups is 1. The fourth-order valence-electron chi connectivity index (χ4n) is 3.41. The molecule has 0 aromatic carbocycles. The van der Waals surface area contributed by atoms with Crippen LogP contribution >= 0.6 is 0 Å². The van der Waals surface area contributed by atoms with Gasteiger partial charge in [-0.3, -0.25) is 4.79 Å². The highest BCUT2D eigenvalue weighted by Gasteiger charge is 2.34. The number of rotatable bonds is 8. The Labute approximate surface area is 161 Å². The zero-order chi connectivity index (χ0) is 20.6. The second-order valence-electron chi connectivity index (χ2n) is 7.76. The first kappa shape index (κ1) is 23.2. The molecule has 1 saturated carbocycles. The number of hydrogen-bond acceptors (Lipinski definition) is 6. The van der Waals surface area contributed by atoms with Gasteiger partial charge in [0.05, 0.1) is 18.2 Å². The first-order chi connectivity index (χ1) is 12.5. The largest absolute Gasteiger partial charge is 0.446 e. The van der Waals surface area contributed by atoms with Crippen molar-refractivity contribution in [2.24, 2.45) is 17.8 Å². The SMILES string of the molecule is CC1CCC(C(C)C)C(OC(=O)NC(CS(C)(=O)=O)C(=O)NCCC#N)C1. The molecule has 2 N–H and O–H groups in total. The van der Waals surface area contributed by atoms with E-state index in [4.69, 9.17) is 10.00 Å². The molecule has 0 aromatic rings. The van der Waals surface area contributed by atoms with Gasteiger partial charge in [0, 0.05) is 12.8 Å². The third kappa shape index (κ3) is 8.61. The zero-order valence-corrected chi connectivity index (χ0v) is 17.3.